The van der Waals surface area contributed by atoms with Crippen molar-refractivity contribution in [1.82, 2.24) is 0 Å². The van der Waals surface area contributed by atoms with Crippen molar-refractivity contribution in [3.63, 3.8) is 0 Å². The van der Waals surface area contributed by atoms with Crippen LogP contribution in [0.3, 0.4) is 0 Å². The number of aryl methyl sites for hydroxylation is 1. The summed E-state index contributed by atoms with van der Waals surface area (Å²) in [7, 11) is 0. The van der Waals surface area contributed by atoms with Gasteiger partial charge in [-0.2, -0.15) is 0 Å². The fourth-order valence-corrected chi connectivity index (χ4v) is 1.87. The van der Waals surface area contributed by atoms with E-state index in [4.69, 9.17) is 0 Å². The Labute approximate surface area is 121 Å². The maximum absolute atomic E-state index is 11.9. The predicted molar refractivity (Wildman–Crippen MR) is 81.1 cm³/mol. The zero-order valence-corrected chi connectivity index (χ0v) is 12.2. The van der Waals surface area contributed by atoms with Crippen molar-refractivity contribution < 1.29 is 4.79 Å². The van der Waals surface area contributed by atoms with Gasteiger partial charge in [0.05, 0.1) is 6.42 Å². The molecule has 0 radical (unpaired) electrons. The molecule has 0 aliphatic heterocycles. The number of hydrogen-bond donors (Lipinski definition) is 0. The average Bonchev–Trinajstić information content (AvgIpc) is 2.41. The third-order valence-electron chi connectivity index (χ3n) is 2.70. The third kappa shape index (κ3) is 4.08. The summed E-state index contributed by atoms with van der Waals surface area (Å²) in [5.74, 6) is 5.97. The van der Waals surface area contributed by atoms with Gasteiger partial charge >= 0.3 is 0 Å². The number of halogens is 1. The van der Waals surface area contributed by atoms with E-state index in [1.54, 1.807) is 12.1 Å². The van der Waals surface area contributed by atoms with Crippen molar-refractivity contribution in [2.45, 2.75) is 13.3 Å². The summed E-state index contributed by atoms with van der Waals surface area (Å²) in [6.45, 7) is 2.04. The van der Waals surface area contributed by atoms with Crippen LogP contribution in [-0.2, 0) is 0 Å². The minimum absolute atomic E-state index is 0.0483. The van der Waals surface area contributed by atoms with Gasteiger partial charge in [-0.3, -0.25) is 4.79 Å². The second kappa shape index (κ2) is 6.36. The van der Waals surface area contributed by atoms with Gasteiger partial charge in [-0.15, -0.1) is 0 Å². The number of carbonyl (C=O) groups is 1. The molecule has 0 aromatic heterocycles. The van der Waals surface area contributed by atoms with E-state index in [-0.39, 0.29) is 12.2 Å². The normalized spacial score (nSPS) is 9.58. The minimum atomic E-state index is 0.0483. The second-order valence-corrected chi connectivity index (χ2v) is 5.19. The number of rotatable bonds is 2. The van der Waals surface area contributed by atoms with E-state index in [1.165, 1.54) is 5.56 Å². The lowest BCUT2D eigenvalue weighted by molar-refractivity contribution is 0.0998. The highest BCUT2D eigenvalue weighted by molar-refractivity contribution is 9.10. The zero-order chi connectivity index (χ0) is 13.7. The maximum atomic E-state index is 11.9. The molecule has 0 saturated heterocycles. The molecule has 0 spiro atoms. The fraction of sp³-hybridized carbons (Fsp3) is 0.118. The molecule has 0 aliphatic carbocycles. The third-order valence-corrected chi connectivity index (χ3v) is 3.23. The van der Waals surface area contributed by atoms with Crippen LogP contribution >= 0.6 is 15.9 Å². The molecule has 2 heteroatoms. The average molecular weight is 313 g/mol. The van der Waals surface area contributed by atoms with Gasteiger partial charge in [-0.1, -0.05) is 57.6 Å². The molecule has 19 heavy (non-hydrogen) atoms. The van der Waals surface area contributed by atoms with E-state index < -0.39 is 0 Å². The lowest BCUT2D eigenvalue weighted by atomic mass is 10.1. The van der Waals surface area contributed by atoms with Crippen LogP contribution in [0.15, 0.2) is 53.0 Å². The van der Waals surface area contributed by atoms with Crippen molar-refractivity contribution in [1.29, 1.82) is 0 Å². The Balaban J connectivity index is 2.01. The smallest absolute Gasteiger partial charge is 0.174 e. The van der Waals surface area contributed by atoms with Gasteiger partial charge < -0.3 is 0 Å². The monoisotopic (exact) mass is 312 g/mol. The molecule has 0 heterocycles. The van der Waals surface area contributed by atoms with Crippen molar-refractivity contribution in [2.75, 3.05) is 0 Å². The summed E-state index contributed by atoms with van der Waals surface area (Å²) in [5.41, 5.74) is 2.84. The summed E-state index contributed by atoms with van der Waals surface area (Å²) in [6, 6.07) is 15.3. The van der Waals surface area contributed by atoms with Gasteiger partial charge in [0.1, 0.15) is 0 Å². The van der Waals surface area contributed by atoms with E-state index in [0.717, 1.165) is 10.0 Å². The summed E-state index contributed by atoms with van der Waals surface area (Å²) >= 11 is 3.34. The molecule has 2 aromatic carbocycles. The Bertz CT molecular complexity index is 628. The summed E-state index contributed by atoms with van der Waals surface area (Å²) in [4.78, 5) is 11.9. The molecule has 0 fully saturated rings. The molecule has 0 aliphatic rings. The van der Waals surface area contributed by atoms with E-state index in [9.17, 15) is 4.79 Å². The number of carbonyl (C=O) groups excluding carboxylic acids is 1. The predicted octanol–water partition coefficient (Wildman–Crippen LogP) is 4.38. The first-order valence-electron chi connectivity index (χ1n) is 5.99. The van der Waals surface area contributed by atoms with Gasteiger partial charge in [0.25, 0.3) is 0 Å². The van der Waals surface area contributed by atoms with E-state index in [2.05, 4.69) is 27.8 Å². The molecule has 0 bridgehead atoms. The number of ketones is 1. The van der Waals surface area contributed by atoms with Crippen LogP contribution in [0.2, 0.25) is 0 Å². The van der Waals surface area contributed by atoms with E-state index in [1.807, 2.05) is 43.3 Å². The fourth-order valence-electron chi connectivity index (χ4n) is 1.60. The molecule has 0 unspecified atom stereocenters. The molecule has 2 aromatic rings. The maximum Gasteiger partial charge on any atom is 0.174 e. The van der Waals surface area contributed by atoms with Crippen molar-refractivity contribution in [2.24, 2.45) is 0 Å². The van der Waals surface area contributed by atoms with Crippen molar-refractivity contribution >= 4 is 21.7 Å². The second-order valence-electron chi connectivity index (χ2n) is 4.27. The summed E-state index contributed by atoms with van der Waals surface area (Å²) < 4.78 is 0.967. The number of benzene rings is 2. The lowest BCUT2D eigenvalue weighted by Crippen LogP contribution is -1.96. The van der Waals surface area contributed by atoms with Crippen LogP contribution in [0, 0.1) is 18.8 Å². The SMILES string of the molecule is Cc1ccc(C#CCC(=O)c2ccc(Br)cc2)cc1. The highest BCUT2D eigenvalue weighted by Crippen LogP contribution is 2.11. The Morgan fingerprint density at radius 2 is 1.68 bits per heavy atom. The van der Waals surface area contributed by atoms with Crippen LogP contribution in [0.25, 0.3) is 0 Å². The zero-order valence-electron chi connectivity index (χ0n) is 10.6. The first-order valence-corrected chi connectivity index (χ1v) is 6.79. The van der Waals surface area contributed by atoms with Gasteiger partial charge in [0.15, 0.2) is 5.78 Å². The quantitative estimate of drug-likeness (QED) is 0.594. The minimum Gasteiger partial charge on any atom is -0.293 e. The topological polar surface area (TPSA) is 17.1 Å². The highest BCUT2D eigenvalue weighted by Gasteiger charge is 2.02. The van der Waals surface area contributed by atoms with Gasteiger partial charge in [-0.05, 0) is 31.2 Å². The molecule has 0 amide bonds. The lowest BCUT2D eigenvalue weighted by Gasteiger charge is -1.96. The standard InChI is InChI=1S/C17H13BrO/c1-13-5-7-14(8-6-13)3-2-4-17(19)15-9-11-16(18)12-10-15/h5-12H,4H2,1H3. The highest BCUT2D eigenvalue weighted by atomic mass is 79.9. The molecule has 0 N–H and O–H groups in total. The number of Topliss-reactive ketones (excluding diaryl/α,β-unsaturated/α-hetero) is 1. The molecule has 1 nitrogen and oxygen atoms in total. The van der Waals surface area contributed by atoms with Crippen LogP contribution in [0.5, 0.6) is 0 Å². The Morgan fingerprint density at radius 1 is 1.05 bits per heavy atom. The molecule has 0 saturated carbocycles. The molecular weight excluding hydrogens is 300 g/mol. The molecule has 2 rings (SSSR count). The van der Waals surface area contributed by atoms with Crippen LogP contribution < -0.4 is 0 Å². The Kier molecular flexibility index (Phi) is 4.54. The van der Waals surface area contributed by atoms with Crippen LogP contribution in [0.1, 0.15) is 27.9 Å². The van der Waals surface area contributed by atoms with Crippen LogP contribution in [0.4, 0.5) is 0 Å². The van der Waals surface area contributed by atoms with Gasteiger partial charge in [-0.25, -0.2) is 0 Å². The largest absolute Gasteiger partial charge is 0.293 e. The first kappa shape index (κ1) is 13.6. The van der Waals surface area contributed by atoms with Crippen molar-refractivity contribution in [3.8, 4) is 11.8 Å². The van der Waals surface area contributed by atoms with Crippen LogP contribution in [-0.4, -0.2) is 5.78 Å². The molecule has 0 atom stereocenters. The van der Waals surface area contributed by atoms with E-state index >= 15 is 0 Å². The van der Waals surface area contributed by atoms with Gasteiger partial charge in [0.2, 0.25) is 0 Å². The Morgan fingerprint density at radius 3 is 2.32 bits per heavy atom. The summed E-state index contributed by atoms with van der Waals surface area (Å²) in [6.07, 6.45) is 0.246. The summed E-state index contributed by atoms with van der Waals surface area (Å²) in [5, 5.41) is 0. The molecule has 94 valence electrons. The molecular formula is C17H13BrO. The van der Waals surface area contributed by atoms with E-state index in [0.29, 0.717) is 5.56 Å². The van der Waals surface area contributed by atoms with Crippen molar-refractivity contribution in [3.05, 3.63) is 69.7 Å². The first-order chi connectivity index (χ1) is 9.15. The Hall–Kier alpha value is -1.85. The number of hydrogen-bond acceptors (Lipinski definition) is 1. The van der Waals surface area contributed by atoms with Gasteiger partial charge in [0, 0.05) is 15.6 Å².